The molecular formula is C22H28N2OS2. The van der Waals surface area contributed by atoms with Crippen LogP contribution >= 0.6 is 22.7 Å². The number of thiophene rings is 2. The van der Waals surface area contributed by atoms with Crippen molar-refractivity contribution in [2.45, 2.75) is 50.6 Å². The van der Waals surface area contributed by atoms with E-state index >= 15 is 0 Å². The number of likely N-dealkylation sites (tertiary alicyclic amines) is 2. The van der Waals surface area contributed by atoms with Crippen LogP contribution in [-0.4, -0.2) is 41.4 Å². The van der Waals surface area contributed by atoms with Crippen molar-refractivity contribution in [3.05, 3.63) is 44.8 Å². The van der Waals surface area contributed by atoms with Crippen LogP contribution < -0.4 is 0 Å². The van der Waals surface area contributed by atoms with Crippen LogP contribution in [0.1, 0.15) is 49.1 Å². The van der Waals surface area contributed by atoms with E-state index in [1.54, 1.807) is 22.7 Å². The first-order chi connectivity index (χ1) is 13.3. The lowest BCUT2D eigenvalue weighted by Gasteiger charge is -2.39. The number of amides is 1. The molecule has 2 aromatic rings. The molecule has 0 unspecified atom stereocenters. The van der Waals surface area contributed by atoms with Crippen molar-refractivity contribution in [1.82, 2.24) is 9.80 Å². The molecular weight excluding hydrogens is 372 g/mol. The van der Waals surface area contributed by atoms with Crippen molar-refractivity contribution in [3.8, 4) is 0 Å². The van der Waals surface area contributed by atoms with E-state index < -0.39 is 0 Å². The van der Waals surface area contributed by atoms with Crippen LogP contribution in [0.25, 0.3) is 0 Å². The van der Waals surface area contributed by atoms with E-state index in [0.717, 1.165) is 45.4 Å². The maximum absolute atomic E-state index is 13.3. The summed E-state index contributed by atoms with van der Waals surface area (Å²) in [6.45, 7) is 4.23. The van der Waals surface area contributed by atoms with E-state index in [4.69, 9.17) is 0 Å². The molecule has 0 aromatic carbocycles. The fourth-order valence-electron chi connectivity index (χ4n) is 5.59. The Labute approximate surface area is 170 Å². The van der Waals surface area contributed by atoms with Crippen molar-refractivity contribution in [2.24, 2.45) is 11.8 Å². The number of hydrogen-bond acceptors (Lipinski definition) is 4. The van der Waals surface area contributed by atoms with E-state index in [2.05, 4.69) is 43.5 Å². The van der Waals surface area contributed by atoms with Gasteiger partial charge in [-0.05, 0) is 64.0 Å². The standard InChI is InChI=1S/C22H28N2OS2/c25-22(17-3-1-2-4-17)24-13-19(18-7-10-27-15-18)20-12-23(8-5-21(20)24)11-16-6-9-26-14-16/h6-7,9-10,14-15,17,19-21H,1-5,8,11-13H2/t19-,20-,21-/m1/s1. The lowest BCUT2D eigenvalue weighted by Crippen LogP contribution is -2.48. The second-order valence-electron chi connectivity index (χ2n) is 8.52. The van der Waals surface area contributed by atoms with Gasteiger partial charge in [-0.1, -0.05) is 12.8 Å². The monoisotopic (exact) mass is 400 g/mol. The second-order valence-corrected chi connectivity index (χ2v) is 10.1. The van der Waals surface area contributed by atoms with Crippen LogP contribution in [0.5, 0.6) is 0 Å². The van der Waals surface area contributed by atoms with Crippen LogP contribution in [0.3, 0.4) is 0 Å². The van der Waals surface area contributed by atoms with Crippen LogP contribution in [0.2, 0.25) is 0 Å². The number of carbonyl (C=O) groups excluding carboxylic acids is 1. The first kappa shape index (κ1) is 17.9. The number of nitrogens with zero attached hydrogens (tertiary/aromatic N) is 2. The van der Waals surface area contributed by atoms with Gasteiger partial charge in [0.05, 0.1) is 0 Å². The second kappa shape index (κ2) is 7.69. The van der Waals surface area contributed by atoms with Gasteiger partial charge in [-0.15, -0.1) is 0 Å². The number of piperidine rings is 1. The predicted octanol–water partition coefficient (Wildman–Crippen LogP) is 4.82. The third-order valence-electron chi connectivity index (χ3n) is 6.96. The molecule has 2 saturated heterocycles. The van der Waals surface area contributed by atoms with Gasteiger partial charge in [0.15, 0.2) is 0 Å². The van der Waals surface area contributed by atoms with Gasteiger partial charge in [-0.25, -0.2) is 0 Å². The fraction of sp³-hybridized carbons (Fsp3) is 0.591. The van der Waals surface area contributed by atoms with Crippen molar-refractivity contribution >= 4 is 28.6 Å². The third kappa shape index (κ3) is 3.50. The van der Waals surface area contributed by atoms with Gasteiger partial charge in [-0.3, -0.25) is 9.69 Å². The highest BCUT2D eigenvalue weighted by Crippen LogP contribution is 2.43. The largest absolute Gasteiger partial charge is 0.338 e. The highest BCUT2D eigenvalue weighted by Gasteiger charge is 2.48. The zero-order valence-electron chi connectivity index (χ0n) is 15.8. The summed E-state index contributed by atoms with van der Waals surface area (Å²) in [6.07, 6.45) is 5.83. The Balaban J connectivity index is 1.36. The molecule has 0 N–H and O–H groups in total. The summed E-state index contributed by atoms with van der Waals surface area (Å²) in [7, 11) is 0. The SMILES string of the molecule is O=C(C1CCCC1)N1C[C@H](c2ccsc2)[C@H]2CN(Cc3ccsc3)CC[C@H]21. The number of hydrogen-bond donors (Lipinski definition) is 0. The first-order valence-corrected chi connectivity index (χ1v) is 12.2. The van der Waals surface area contributed by atoms with E-state index in [-0.39, 0.29) is 0 Å². The zero-order valence-corrected chi connectivity index (χ0v) is 17.4. The lowest BCUT2D eigenvalue weighted by atomic mass is 9.82. The van der Waals surface area contributed by atoms with Crippen LogP contribution in [0.4, 0.5) is 0 Å². The Hall–Kier alpha value is -1.17. The summed E-state index contributed by atoms with van der Waals surface area (Å²) in [6, 6.07) is 4.98. The molecule has 3 nitrogen and oxygen atoms in total. The Bertz CT molecular complexity index is 751. The van der Waals surface area contributed by atoms with Crippen molar-refractivity contribution < 1.29 is 4.79 Å². The number of carbonyl (C=O) groups is 1. The summed E-state index contributed by atoms with van der Waals surface area (Å²) in [5, 5.41) is 8.95. The van der Waals surface area contributed by atoms with Crippen LogP contribution in [0, 0.1) is 11.8 Å². The zero-order chi connectivity index (χ0) is 18.2. The molecule has 0 spiro atoms. The smallest absolute Gasteiger partial charge is 0.225 e. The molecule has 5 heteroatoms. The minimum absolute atomic E-state index is 0.302. The van der Waals surface area contributed by atoms with Gasteiger partial charge >= 0.3 is 0 Å². The molecule has 0 bridgehead atoms. The lowest BCUT2D eigenvalue weighted by molar-refractivity contribution is -0.137. The molecule has 144 valence electrons. The van der Waals surface area contributed by atoms with E-state index in [0.29, 0.717) is 29.7 Å². The maximum atomic E-state index is 13.3. The number of rotatable bonds is 4. The third-order valence-corrected chi connectivity index (χ3v) is 8.39. The molecule has 4 heterocycles. The highest BCUT2D eigenvalue weighted by atomic mass is 32.1. The van der Waals surface area contributed by atoms with Gasteiger partial charge in [0, 0.05) is 50.0 Å². The maximum Gasteiger partial charge on any atom is 0.225 e. The molecule has 3 atom stereocenters. The Kier molecular flexibility index (Phi) is 5.09. The minimum atomic E-state index is 0.302. The molecule has 0 radical (unpaired) electrons. The highest BCUT2D eigenvalue weighted by molar-refractivity contribution is 7.08. The van der Waals surface area contributed by atoms with Gasteiger partial charge in [0.2, 0.25) is 5.91 Å². The van der Waals surface area contributed by atoms with Gasteiger partial charge in [0.1, 0.15) is 0 Å². The fourth-order valence-corrected chi connectivity index (χ4v) is 6.97. The Morgan fingerprint density at radius 1 is 1.04 bits per heavy atom. The summed E-state index contributed by atoms with van der Waals surface area (Å²) < 4.78 is 0. The van der Waals surface area contributed by atoms with Crippen LogP contribution in [-0.2, 0) is 11.3 Å². The van der Waals surface area contributed by atoms with Gasteiger partial charge in [-0.2, -0.15) is 22.7 Å². The van der Waals surface area contributed by atoms with Crippen LogP contribution in [0.15, 0.2) is 33.7 Å². The molecule has 3 fully saturated rings. The van der Waals surface area contributed by atoms with Gasteiger partial charge < -0.3 is 4.90 Å². The molecule has 5 rings (SSSR count). The van der Waals surface area contributed by atoms with E-state index in [1.165, 1.54) is 24.0 Å². The topological polar surface area (TPSA) is 23.6 Å². The predicted molar refractivity (Wildman–Crippen MR) is 112 cm³/mol. The summed E-state index contributed by atoms with van der Waals surface area (Å²) >= 11 is 3.58. The number of fused-ring (bicyclic) bond motifs is 1. The molecule has 1 saturated carbocycles. The normalized spacial score (nSPS) is 29.3. The summed E-state index contributed by atoms with van der Waals surface area (Å²) in [5.74, 6) is 1.86. The van der Waals surface area contributed by atoms with Gasteiger partial charge in [0.25, 0.3) is 0 Å². The average molecular weight is 401 g/mol. The molecule has 3 aliphatic rings. The van der Waals surface area contributed by atoms with E-state index in [1.807, 2.05) is 0 Å². The average Bonchev–Trinajstić information content (AvgIpc) is 3.47. The van der Waals surface area contributed by atoms with Crippen molar-refractivity contribution in [1.29, 1.82) is 0 Å². The molecule has 2 aliphatic heterocycles. The van der Waals surface area contributed by atoms with Crippen molar-refractivity contribution in [3.63, 3.8) is 0 Å². The Morgan fingerprint density at radius 2 is 1.85 bits per heavy atom. The summed E-state index contributed by atoms with van der Waals surface area (Å²) in [4.78, 5) is 18.2. The first-order valence-electron chi connectivity index (χ1n) is 10.4. The minimum Gasteiger partial charge on any atom is -0.338 e. The molecule has 1 aliphatic carbocycles. The van der Waals surface area contributed by atoms with Crippen molar-refractivity contribution in [2.75, 3.05) is 19.6 Å². The summed E-state index contributed by atoms with van der Waals surface area (Å²) in [5.41, 5.74) is 2.89. The van der Waals surface area contributed by atoms with E-state index in [9.17, 15) is 4.79 Å². The quantitative estimate of drug-likeness (QED) is 0.735. The molecule has 1 amide bonds. The molecule has 2 aromatic heterocycles. The molecule has 27 heavy (non-hydrogen) atoms. The Morgan fingerprint density at radius 3 is 2.59 bits per heavy atom.